The van der Waals surface area contributed by atoms with E-state index < -0.39 is 17.6 Å². The second kappa shape index (κ2) is 9.46. The van der Waals surface area contributed by atoms with Gasteiger partial charge in [0, 0.05) is 26.1 Å². The highest BCUT2D eigenvalue weighted by molar-refractivity contribution is 5.77. The van der Waals surface area contributed by atoms with Crippen LogP contribution in [0.25, 0.3) is 0 Å². The Bertz CT molecular complexity index is 603. The SMILES string of the molecule is COC(=O)CCN(CC1CCCO1)C(=O)CCc1cccc(F)c1F. The van der Waals surface area contributed by atoms with Gasteiger partial charge in [0.15, 0.2) is 11.6 Å². The van der Waals surface area contributed by atoms with Crippen molar-refractivity contribution < 1.29 is 27.8 Å². The maximum atomic E-state index is 13.7. The molecule has 0 radical (unpaired) electrons. The Balaban J connectivity index is 1.95. The van der Waals surface area contributed by atoms with Gasteiger partial charge in [-0.3, -0.25) is 9.59 Å². The number of ether oxygens (including phenoxy) is 2. The van der Waals surface area contributed by atoms with Crippen LogP contribution in [-0.2, 0) is 25.5 Å². The molecule has 1 heterocycles. The number of carbonyl (C=O) groups excluding carboxylic acids is 2. The second-order valence-electron chi connectivity index (χ2n) is 6.01. The quantitative estimate of drug-likeness (QED) is 0.672. The molecule has 0 aliphatic carbocycles. The van der Waals surface area contributed by atoms with Gasteiger partial charge in [-0.15, -0.1) is 0 Å². The highest BCUT2D eigenvalue weighted by Gasteiger charge is 2.23. The van der Waals surface area contributed by atoms with E-state index in [2.05, 4.69) is 4.74 Å². The molecule has 138 valence electrons. The number of halogens is 2. The molecule has 7 heteroatoms. The molecule has 1 aliphatic rings. The van der Waals surface area contributed by atoms with E-state index in [0.717, 1.165) is 18.9 Å². The zero-order chi connectivity index (χ0) is 18.2. The van der Waals surface area contributed by atoms with Gasteiger partial charge in [-0.05, 0) is 30.9 Å². The summed E-state index contributed by atoms with van der Waals surface area (Å²) in [5.41, 5.74) is 0.165. The molecule has 1 atom stereocenters. The van der Waals surface area contributed by atoms with Crippen LogP contribution in [0, 0.1) is 11.6 Å². The van der Waals surface area contributed by atoms with Crippen LogP contribution in [0.4, 0.5) is 8.78 Å². The molecule has 0 spiro atoms. The Morgan fingerprint density at radius 1 is 1.32 bits per heavy atom. The van der Waals surface area contributed by atoms with Crippen LogP contribution in [0.5, 0.6) is 0 Å². The van der Waals surface area contributed by atoms with Gasteiger partial charge >= 0.3 is 5.97 Å². The number of benzene rings is 1. The lowest BCUT2D eigenvalue weighted by atomic mass is 10.1. The molecule has 2 rings (SSSR count). The molecular formula is C18H23F2NO4. The van der Waals surface area contributed by atoms with E-state index in [1.54, 1.807) is 4.90 Å². The molecule has 1 aromatic carbocycles. The predicted molar refractivity (Wildman–Crippen MR) is 86.9 cm³/mol. The van der Waals surface area contributed by atoms with E-state index in [9.17, 15) is 18.4 Å². The lowest BCUT2D eigenvalue weighted by Crippen LogP contribution is -2.39. The van der Waals surface area contributed by atoms with E-state index in [1.165, 1.54) is 19.2 Å². The normalized spacial score (nSPS) is 16.7. The number of amides is 1. The van der Waals surface area contributed by atoms with E-state index in [-0.39, 0.29) is 43.4 Å². The maximum absolute atomic E-state index is 13.7. The van der Waals surface area contributed by atoms with Crippen LogP contribution in [0.15, 0.2) is 18.2 Å². The van der Waals surface area contributed by atoms with Gasteiger partial charge in [-0.25, -0.2) is 8.78 Å². The maximum Gasteiger partial charge on any atom is 0.307 e. The average Bonchev–Trinajstić information content (AvgIpc) is 3.12. The number of nitrogens with zero attached hydrogens (tertiary/aromatic N) is 1. The lowest BCUT2D eigenvalue weighted by molar-refractivity contribution is -0.142. The molecule has 0 N–H and O–H groups in total. The Labute approximate surface area is 145 Å². The van der Waals surface area contributed by atoms with Gasteiger partial charge < -0.3 is 14.4 Å². The van der Waals surface area contributed by atoms with E-state index in [1.807, 2.05) is 0 Å². The minimum atomic E-state index is -0.924. The van der Waals surface area contributed by atoms with E-state index >= 15 is 0 Å². The minimum Gasteiger partial charge on any atom is -0.469 e. The summed E-state index contributed by atoms with van der Waals surface area (Å²) in [7, 11) is 1.29. The lowest BCUT2D eigenvalue weighted by Gasteiger charge is -2.25. The minimum absolute atomic E-state index is 0.0360. The van der Waals surface area contributed by atoms with Crippen molar-refractivity contribution in [3.05, 3.63) is 35.4 Å². The summed E-state index contributed by atoms with van der Waals surface area (Å²) in [5.74, 6) is -2.47. The van der Waals surface area contributed by atoms with Crippen molar-refractivity contribution in [3.63, 3.8) is 0 Å². The van der Waals surface area contributed by atoms with Crippen LogP contribution < -0.4 is 0 Å². The van der Waals surface area contributed by atoms with Crippen molar-refractivity contribution in [2.45, 2.75) is 38.2 Å². The first-order valence-electron chi connectivity index (χ1n) is 8.40. The van der Waals surface area contributed by atoms with Gasteiger partial charge in [0.25, 0.3) is 0 Å². The smallest absolute Gasteiger partial charge is 0.307 e. The fraction of sp³-hybridized carbons (Fsp3) is 0.556. The summed E-state index contributed by atoms with van der Waals surface area (Å²) in [6, 6.07) is 3.92. The number of carbonyl (C=O) groups is 2. The zero-order valence-corrected chi connectivity index (χ0v) is 14.3. The Morgan fingerprint density at radius 2 is 2.12 bits per heavy atom. The summed E-state index contributed by atoms with van der Waals surface area (Å²) >= 11 is 0. The highest BCUT2D eigenvalue weighted by Crippen LogP contribution is 2.16. The highest BCUT2D eigenvalue weighted by atomic mass is 19.2. The molecule has 1 fully saturated rings. The number of hydrogen-bond acceptors (Lipinski definition) is 4. The van der Waals surface area contributed by atoms with Gasteiger partial charge in [0.05, 0.1) is 19.6 Å². The van der Waals surface area contributed by atoms with Gasteiger partial charge in [0.2, 0.25) is 5.91 Å². The molecule has 0 saturated carbocycles. The van der Waals surface area contributed by atoms with E-state index in [0.29, 0.717) is 13.2 Å². The van der Waals surface area contributed by atoms with Crippen LogP contribution in [0.2, 0.25) is 0 Å². The summed E-state index contributed by atoms with van der Waals surface area (Å²) in [5, 5.41) is 0. The van der Waals surface area contributed by atoms with Gasteiger partial charge in [-0.1, -0.05) is 12.1 Å². The third kappa shape index (κ3) is 5.77. The molecule has 1 saturated heterocycles. The molecular weight excluding hydrogens is 332 g/mol. The molecule has 1 aromatic rings. The van der Waals surface area contributed by atoms with Crippen LogP contribution in [0.3, 0.4) is 0 Å². The molecule has 1 unspecified atom stereocenters. The molecule has 25 heavy (non-hydrogen) atoms. The number of methoxy groups -OCH3 is 1. The molecule has 1 amide bonds. The van der Waals surface area contributed by atoms with Crippen LogP contribution >= 0.6 is 0 Å². The number of aryl methyl sites for hydroxylation is 1. The zero-order valence-electron chi connectivity index (χ0n) is 14.3. The van der Waals surface area contributed by atoms with Crippen molar-refractivity contribution in [1.82, 2.24) is 4.90 Å². The van der Waals surface area contributed by atoms with E-state index in [4.69, 9.17) is 4.74 Å². The van der Waals surface area contributed by atoms with Crippen LogP contribution in [0.1, 0.15) is 31.2 Å². The number of hydrogen-bond donors (Lipinski definition) is 0. The third-order valence-corrected chi connectivity index (χ3v) is 4.25. The van der Waals surface area contributed by atoms with Gasteiger partial charge in [0.1, 0.15) is 0 Å². The Morgan fingerprint density at radius 3 is 2.80 bits per heavy atom. The van der Waals surface area contributed by atoms with Gasteiger partial charge in [-0.2, -0.15) is 0 Å². The summed E-state index contributed by atoms with van der Waals surface area (Å²) in [6.45, 7) is 1.27. The van der Waals surface area contributed by atoms with Crippen LogP contribution in [-0.4, -0.2) is 49.7 Å². The first kappa shape index (κ1) is 19.3. The van der Waals surface area contributed by atoms with Crippen molar-refractivity contribution in [1.29, 1.82) is 0 Å². The number of esters is 1. The van der Waals surface area contributed by atoms with Crippen molar-refractivity contribution in [3.8, 4) is 0 Å². The van der Waals surface area contributed by atoms with Crippen molar-refractivity contribution in [2.75, 3.05) is 26.8 Å². The summed E-state index contributed by atoms with van der Waals surface area (Å²) < 4.78 is 37.1. The fourth-order valence-corrected chi connectivity index (χ4v) is 2.82. The fourth-order valence-electron chi connectivity index (χ4n) is 2.82. The monoisotopic (exact) mass is 355 g/mol. The largest absolute Gasteiger partial charge is 0.469 e. The topological polar surface area (TPSA) is 55.8 Å². The average molecular weight is 355 g/mol. The Kier molecular flexibility index (Phi) is 7.31. The number of rotatable bonds is 8. The Hall–Kier alpha value is -2.02. The molecule has 5 nitrogen and oxygen atoms in total. The second-order valence-corrected chi connectivity index (χ2v) is 6.01. The van der Waals surface area contributed by atoms with Crippen molar-refractivity contribution in [2.24, 2.45) is 0 Å². The molecule has 0 aromatic heterocycles. The first-order chi connectivity index (χ1) is 12.0. The summed E-state index contributed by atoms with van der Waals surface area (Å²) in [6.07, 6.45) is 1.98. The predicted octanol–water partition coefficient (Wildman–Crippen LogP) is 2.47. The molecule has 0 bridgehead atoms. The standard InChI is InChI=1S/C18H23F2NO4/c1-24-17(23)9-10-21(12-14-5-3-11-25-14)16(22)8-7-13-4-2-6-15(19)18(13)20/h2,4,6,14H,3,5,7-12H2,1H3. The first-order valence-corrected chi connectivity index (χ1v) is 8.40. The van der Waals surface area contributed by atoms with Crippen molar-refractivity contribution >= 4 is 11.9 Å². The third-order valence-electron chi connectivity index (χ3n) is 4.25. The molecule has 1 aliphatic heterocycles. The summed E-state index contributed by atoms with van der Waals surface area (Å²) in [4.78, 5) is 25.4.